The maximum atomic E-state index is 13.7. The number of thiazole rings is 1. The van der Waals surface area contributed by atoms with Crippen LogP contribution >= 0.6 is 11.3 Å². The van der Waals surface area contributed by atoms with E-state index < -0.39 is 10.0 Å². The van der Waals surface area contributed by atoms with Crippen LogP contribution in [0.15, 0.2) is 41.3 Å². The van der Waals surface area contributed by atoms with Gasteiger partial charge in [0.05, 0.1) is 15.1 Å². The number of likely N-dealkylation sites (N-methyl/N-ethyl adjacent to an activating group) is 1. The van der Waals surface area contributed by atoms with E-state index in [1.807, 2.05) is 19.0 Å². The van der Waals surface area contributed by atoms with Crippen LogP contribution in [0.2, 0.25) is 0 Å². The molecule has 0 saturated heterocycles. The number of hydrogen-bond donors (Lipinski definition) is 0. The van der Waals surface area contributed by atoms with Gasteiger partial charge in [-0.05, 0) is 88.3 Å². The quantitative estimate of drug-likeness (QED) is 0.275. The lowest BCUT2D eigenvalue weighted by molar-refractivity contribution is 0.0985. The van der Waals surface area contributed by atoms with Crippen LogP contribution in [0.5, 0.6) is 0 Å². The van der Waals surface area contributed by atoms with Crippen molar-refractivity contribution >= 4 is 42.6 Å². The highest BCUT2D eigenvalue weighted by Gasteiger charge is 2.26. The first-order valence-electron chi connectivity index (χ1n) is 13.0. The number of amides is 1. The lowest BCUT2D eigenvalue weighted by atomic mass is 10.1. The van der Waals surface area contributed by atoms with Gasteiger partial charge in [0.2, 0.25) is 10.0 Å². The second kappa shape index (κ2) is 13.0. The summed E-state index contributed by atoms with van der Waals surface area (Å²) in [6.45, 7) is 10.4. The Balaban J connectivity index is 1.91. The van der Waals surface area contributed by atoms with Gasteiger partial charge in [-0.3, -0.25) is 9.69 Å². The van der Waals surface area contributed by atoms with Crippen molar-refractivity contribution in [3.63, 3.8) is 0 Å². The Hall–Kier alpha value is -2.33. The van der Waals surface area contributed by atoms with Crippen molar-refractivity contribution in [3.8, 4) is 0 Å². The maximum absolute atomic E-state index is 13.7. The number of rotatable bonds is 13. The number of fused-ring (bicyclic) bond motifs is 1. The van der Waals surface area contributed by atoms with Crippen molar-refractivity contribution < 1.29 is 13.2 Å². The number of aromatic nitrogens is 1. The number of nitrogens with zero attached hydrogens (tertiary/aromatic N) is 4. The van der Waals surface area contributed by atoms with Gasteiger partial charge >= 0.3 is 0 Å². The molecule has 0 aliphatic heterocycles. The maximum Gasteiger partial charge on any atom is 0.260 e. The van der Waals surface area contributed by atoms with E-state index in [1.165, 1.54) is 22.5 Å². The first-order chi connectivity index (χ1) is 17.6. The number of hydrogen-bond acceptors (Lipinski definition) is 6. The summed E-state index contributed by atoms with van der Waals surface area (Å²) in [6, 6.07) is 10.5. The van der Waals surface area contributed by atoms with Crippen LogP contribution in [-0.2, 0) is 10.0 Å². The lowest BCUT2D eigenvalue weighted by Gasteiger charge is -2.23. The largest absolute Gasteiger partial charge is 0.308 e. The molecule has 1 amide bonds. The summed E-state index contributed by atoms with van der Waals surface area (Å²) in [5, 5.41) is 0.647. The highest BCUT2D eigenvalue weighted by atomic mass is 32.2. The lowest BCUT2D eigenvalue weighted by Crippen LogP contribution is -2.37. The van der Waals surface area contributed by atoms with E-state index in [1.54, 1.807) is 33.5 Å². The van der Waals surface area contributed by atoms with Crippen LogP contribution in [0.4, 0.5) is 5.13 Å². The van der Waals surface area contributed by atoms with E-state index >= 15 is 0 Å². The summed E-state index contributed by atoms with van der Waals surface area (Å²) in [6.07, 6.45) is 3.50. The van der Waals surface area contributed by atoms with Crippen molar-refractivity contribution in [2.75, 3.05) is 45.2 Å². The summed E-state index contributed by atoms with van der Waals surface area (Å²) in [5.41, 5.74) is 3.68. The molecule has 0 aliphatic carbocycles. The number of sulfonamides is 1. The molecule has 202 valence electrons. The molecule has 1 aromatic heterocycles. The van der Waals surface area contributed by atoms with E-state index in [2.05, 4.69) is 39.8 Å². The third-order valence-electron chi connectivity index (χ3n) is 6.50. The van der Waals surface area contributed by atoms with Gasteiger partial charge in [-0.1, -0.05) is 38.0 Å². The molecule has 3 rings (SSSR count). The van der Waals surface area contributed by atoms with Gasteiger partial charge in [0.1, 0.15) is 0 Å². The fourth-order valence-electron chi connectivity index (χ4n) is 3.96. The molecule has 3 aromatic rings. The molecule has 0 saturated carbocycles. The van der Waals surface area contributed by atoms with E-state index in [-0.39, 0.29) is 10.8 Å². The molecule has 0 aliphatic rings. The number of anilines is 1. The van der Waals surface area contributed by atoms with Crippen LogP contribution < -0.4 is 4.90 Å². The molecule has 0 unspecified atom stereocenters. The minimum Gasteiger partial charge on any atom is -0.308 e. The highest BCUT2D eigenvalue weighted by Crippen LogP contribution is 2.32. The normalized spacial score (nSPS) is 12.1. The average molecular weight is 545 g/mol. The number of carbonyl (C=O) groups is 1. The van der Waals surface area contributed by atoms with E-state index in [9.17, 15) is 13.2 Å². The van der Waals surface area contributed by atoms with E-state index in [0.29, 0.717) is 36.9 Å². The smallest absolute Gasteiger partial charge is 0.260 e. The molecule has 0 bridgehead atoms. The number of carbonyl (C=O) groups excluding carboxylic acids is 1. The second-order valence-corrected chi connectivity index (χ2v) is 12.7. The van der Waals surface area contributed by atoms with Crippen molar-refractivity contribution in [2.45, 2.75) is 58.3 Å². The standard InChI is InChI=1S/C28H40N4O3S2/c1-7-9-15-31(16-10-8-2)37(34,35)24-13-11-23(12-14-24)27(33)32(18-17-30(5)6)28-29-25-19-21(3)22(4)20-26(25)36-28/h11-14,19-20H,7-10,15-18H2,1-6H3. The molecule has 0 spiro atoms. The summed E-state index contributed by atoms with van der Waals surface area (Å²) >= 11 is 1.50. The van der Waals surface area contributed by atoms with E-state index in [4.69, 9.17) is 4.98 Å². The summed E-state index contributed by atoms with van der Waals surface area (Å²) in [4.78, 5) is 22.4. The van der Waals surface area contributed by atoms with Crippen molar-refractivity contribution in [1.29, 1.82) is 0 Å². The first-order valence-corrected chi connectivity index (χ1v) is 15.3. The minimum atomic E-state index is -3.62. The average Bonchev–Trinajstić information content (AvgIpc) is 3.26. The van der Waals surface area contributed by atoms with E-state index in [0.717, 1.165) is 35.9 Å². The molecule has 0 atom stereocenters. The van der Waals surface area contributed by atoms with Crippen LogP contribution in [0, 0.1) is 13.8 Å². The topological polar surface area (TPSA) is 73.8 Å². The molecule has 0 radical (unpaired) electrons. The molecule has 0 fully saturated rings. The van der Waals surface area contributed by atoms with Gasteiger partial charge in [-0.25, -0.2) is 13.4 Å². The van der Waals surface area contributed by atoms with Gasteiger partial charge in [-0.2, -0.15) is 4.31 Å². The van der Waals surface area contributed by atoms with Crippen molar-refractivity contribution in [2.24, 2.45) is 0 Å². The molecular formula is C28H40N4O3S2. The summed E-state index contributed by atoms with van der Waals surface area (Å²) in [5.74, 6) is -0.188. The fraction of sp³-hybridized carbons (Fsp3) is 0.500. The molecule has 37 heavy (non-hydrogen) atoms. The fourth-order valence-corrected chi connectivity index (χ4v) is 6.55. The third-order valence-corrected chi connectivity index (χ3v) is 9.45. The zero-order valence-electron chi connectivity index (χ0n) is 23.0. The monoisotopic (exact) mass is 544 g/mol. The number of unbranched alkanes of at least 4 members (excludes halogenated alkanes) is 2. The summed E-state index contributed by atoms with van der Waals surface area (Å²) < 4.78 is 29.3. The zero-order chi connectivity index (χ0) is 27.2. The predicted molar refractivity (Wildman–Crippen MR) is 154 cm³/mol. The van der Waals surface area contributed by atoms with Crippen molar-refractivity contribution in [3.05, 3.63) is 53.1 Å². The highest BCUT2D eigenvalue weighted by molar-refractivity contribution is 7.89. The Bertz CT molecular complexity index is 1250. The summed E-state index contributed by atoms with van der Waals surface area (Å²) in [7, 11) is 0.321. The van der Waals surface area contributed by atoms with Gasteiger partial charge < -0.3 is 4.90 Å². The molecule has 9 heteroatoms. The molecule has 2 aromatic carbocycles. The molecule has 7 nitrogen and oxygen atoms in total. The van der Waals surface area contributed by atoms with Gasteiger partial charge in [-0.15, -0.1) is 0 Å². The second-order valence-electron chi connectivity index (χ2n) is 9.80. The number of aryl methyl sites for hydroxylation is 2. The zero-order valence-corrected chi connectivity index (χ0v) is 24.6. The Morgan fingerprint density at radius 2 is 1.49 bits per heavy atom. The Labute approximate surface area is 226 Å². The SMILES string of the molecule is CCCCN(CCCC)S(=O)(=O)c1ccc(C(=O)N(CCN(C)C)c2nc3cc(C)c(C)cc3s2)cc1. The van der Waals surface area contributed by atoms with Crippen LogP contribution in [0.25, 0.3) is 10.2 Å². The van der Waals surface area contributed by atoms with Crippen LogP contribution in [-0.4, -0.2) is 68.8 Å². The third kappa shape index (κ3) is 7.16. The van der Waals surface area contributed by atoms with Gasteiger partial charge in [0.25, 0.3) is 5.91 Å². The van der Waals surface area contributed by atoms with Crippen molar-refractivity contribution in [1.82, 2.24) is 14.2 Å². The Morgan fingerprint density at radius 1 is 0.892 bits per heavy atom. The minimum absolute atomic E-state index is 0.188. The molecule has 1 heterocycles. The Morgan fingerprint density at radius 3 is 2.05 bits per heavy atom. The first kappa shape index (κ1) is 29.2. The van der Waals surface area contributed by atoms with Gasteiger partial charge in [0, 0.05) is 31.7 Å². The van der Waals surface area contributed by atoms with Gasteiger partial charge in [0.15, 0.2) is 5.13 Å². The van der Waals surface area contributed by atoms with Crippen LogP contribution in [0.1, 0.15) is 61.0 Å². The van der Waals surface area contributed by atoms with Crippen LogP contribution in [0.3, 0.4) is 0 Å². The number of benzene rings is 2. The molecular weight excluding hydrogens is 504 g/mol. The molecule has 0 N–H and O–H groups in total. The predicted octanol–water partition coefficient (Wildman–Crippen LogP) is 5.71. The Kier molecular flexibility index (Phi) is 10.2.